The van der Waals surface area contributed by atoms with Crippen molar-refractivity contribution in [1.82, 2.24) is 14.5 Å². The third-order valence-electron chi connectivity index (χ3n) is 4.59. The fraction of sp³-hybridized carbons (Fsp3) is 0.500. The molecule has 1 aliphatic rings. The highest BCUT2D eigenvalue weighted by Crippen LogP contribution is 2.26. The second kappa shape index (κ2) is 6.97. The van der Waals surface area contributed by atoms with E-state index in [9.17, 15) is 0 Å². The summed E-state index contributed by atoms with van der Waals surface area (Å²) in [5.41, 5.74) is 1.33. The Hall–Kier alpha value is -1.81. The standard InChI is InChI=1S/C18H25N3O/c1-20-11-9-19-18(20)14-21-10-5-6-15(13-21)12-16-7-3-4-8-17(16)22-2/h3-4,7-9,11,15H,5-6,10,12-14H2,1-2H3. The number of rotatable bonds is 5. The first-order chi connectivity index (χ1) is 10.8. The van der Waals surface area contributed by atoms with Crippen LogP contribution in [0.25, 0.3) is 0 Å². The van der Waals surface area contributed by atoms with Crippen molar-refractivity contribution in [3.8, 4) is 5.75 Å². The van der Waals surface area contributed by atoms with Crippen LogP contribution in [0.15, 0.2) is 36.7 Å². The van der Waals surface area contributed by atoms with Crippen molar-refractivity contribution in [2.45, 2.75) is 25.8 Å². The van der Waals surface area contributed by atoms with E-state index in [1.807, 2.05) is 18.5 Å². The van der Waals surface area contributed by atoms with Crippen molar-refractivity contribution in [2.75, 3.05) is 20.2 Å². The molecule has 0 N–H and O–H groups in total. The molecule has 0 aliphatic carbocycles. The van der Waals surface area contributed by atoms with Crippen LogP contribution < -0.4 is 4.74 Å². The predicted octanol–water partition coefficient (Wildman–Crippen LogP) is 2.88. The molecule has 1 aromatic heterocycles. The first-order valence-corrected chi connectivity index (χ1v) is 8.06. The van der Waals surface area contributed by atoms with Crippen LogP contribution in [0.2, 0.25) is 0 Å². The van der Waals surface area contributed by atoms with Crippen LogP contribution in [0.4, 0.5) is 0 Å². The lowest BCUT2D eigenvalue weighted by atomic mass is 9.91. The van der Waals surface area contributed by atoms with Crippen molar-refractivity contribution >= 4 is 0 Å². The van der Waals surface area contributed by atoms with Crippen molar-refractivity contribution in [3.63, 3.8) is 0 Å². The quantitative estimate of drug-likeness (QED) is 0.850. The summed E-state index contributed by atoms with van der Waals surface area (Å²) in [5, 5.41) is 0. The Morgan fingerprint density at radius 1 is 1.32 bits per heavy atom. The van der Waals surface area contributed by atoms with Gasteiger partial charge in [-0.2, -0.15) is 0 Å². The number of aryl methyl sites for hydroxylation is 1. The molecule has 4 heteroatoms. The number of piperidine rings is 1. The third kappa shape index (κ3) is 3.50. The highest BCUT2D eigenvalue weighted by atomic mass is 16.5. The first-order valence-electron chi connectivity index (χ1n) is 8.06. The summed E-state index contributed by atoms with van der Waals surface area (Å²) in [6.45, 7) is 3.27. The molecule has 1 fully saturated rings. The molecule has 0 amide bonds. The Kier molecular flexibility index (Phi) is 4.78. The van der Waals surface area contributed by atoms with Gasteiger partial charge < -0.3 is 9.30 Å². The molecule has 1 atom stereocenters. The van der Waals surface area contributed by atoms with Crippen molar-refractivity contribution < 1.29 is 4.74 Å². The second-order valence-electron chi connectivity index (χ2n) is 6.21. The molecular weight excluding hydrogens is 274 g/mol. The minimum Gasteiger partial charge on any atom is -0.496 e. The lowest BCUT2D eigenvalue weighted by molar-refractivity contribution is 0.162. The number of imidazole rings is 1. The van der Waals surface area contributed by atoms with Gasteiger partial charge in [0, 0.05) is 26.0 Å². The number of likely N-dealkylation sites (tertiary alicyclic amines) is 1. The maximum atomic E-state index is 5.49. The summed E-state index contributed by atoms with van der Waals surface area (Å²) in [6.07, 6.45) is 7.57. The summed E-state index contributed by atoms with van der Waals surface area (Å²) in [7, 11) is 3.83. The normalized spacial score (nSPS) is 19.3. The number of hydrogen-bond donors (Lipinski definition) is 0. The Morgan fingerprint density at radius 3 is 2.95 bits per heavy atom. The van der Waals surface area contributed by atoms with Crippen LogP contribution >= 0.6 is 0 Å². The average molecular weight is 299 g/mol. The lowest BCUT2D eigenvalue weighted by Crippen LogP contribution is -2.36. The maximum absolute atomic E-state index is 5.49. The Balaban J connectivity index is 1.62. The molecular formula is C18H25N3O. The molecule has 0 spiro atoms. The van der Waals surface area contributed by atoms with Gasteiger partial charge in [-0.25, -0.2) is 4.98 Å². The fourth-order valence-electron chi connectivity index (χ4n) is 3.39. The lowest BCUT2D eigenvalue weighted by Gasteiger charge is -2.32. The van der Waals surface area contributed by atoms with Gasteiger partial charge in [0.25, 0.3) is 0 Å². The molecule has 1 aromatic carbocycles. The van der Waals surface area contributed by atoms with Gasteiger partial charge in [0.15, 0.2) is 0 Å². The third-order valence-corrected chi connectivity index (χ3v) is 4.59. The summed E-state index contributed by atoms with van der Waals surface area (Å²) in [4.78, 5) is 6.98. The monoisotopic (exact) mass is 299 g/mol. The van der Waals surface area contributed by atoms with Crippen LogP contribution in [-0.2, 0) is 20.0 Å². The molecule has 4 nitrogen and oxygen atoms in total. The van der Waals surface area contributed by atoms with Crippen molar-refractivity contribution in [1.29, 1.82) is 0 Å². The SMILES string of the molecule is COc1ccccc1CC1CCCN(Cc2nccn2C)C1. The average Bonchev–Trinajstić information content (AvgIpc) is 2.93. The Labute approximate surface area is 132 Å². The van der Waals surface area contributed by atoms with Gasteiger partial charge in [-0.1, -0.05) is 18.2 Å². The number of hydrogen-bond acceptors (Lipinski definition) is 3. The van der Waals surface area contributed by atoms with E-state index in [0.29, 0.717) is 5.92 Å². The van der Waals surface area contributed by atoms with E-state index in [1.54, 1.807) is 7.11 Å². The van der Waals surface area contributed by atoms with E-state index in [0.717, 1.165) is 31.1 Å². The van der Waals surface area contributed by atoms with E-state index in [1.165, 1.54) is 24.9 Å². The van der Waals surface area contributed by atoms with Crippen LogP contribution in [0.1, 0.15) is 24.2 Å². The van der Waals surface area contributed by atoms with Gasteiger partial charge in [-0.3, -0.25) is 4.90 Å². The van der Waals surface area contributed by atoms with Crippen LogP contribution in [-0.4, -0.2) is 34.7 Å². The maximum Gasteiger partial charge on any atom is 0.122 e. The van der Waals surface area contributed by atoms with E-state index < -0.39 is 0 Å². The largest absolute Gasteiger partial charge is 0.496 e. The minimum absolute atomic E-state index is 0.699. The Morgan fingerprint density at radius 2 is 2.18 bits per heavy atom. The number of ether oxygens (including phenoxy) is 1. The van der Waals surface area contributed by atoms with Crippen LogP contribution in [0.5, 0.6) is 5.75 Å². The molecule has 118 valence electrons. The topological polar surface area (TPSA) is 30.3 Å². The highest BCUT2D eigenvalue weighted by molar-refractivity contribution is 5.33. The summed E-state index contributed by atoms with van der Waals surface area (Å²) in [6, 6.07) is 8.39. The zero-order chi connectivity index (χ0) is 15.4. The van der Waals surface area contributed by atoms with Crippen molar-refractivity contribution in [2.24, 2.45) is 13.0 Å². The van der Waals surface area contributed by atoms with Gasteiger partial charge in [0.05, 0.1) is 13.7 Å². The molecule has 22 heavy (non-hydrogen) atoms. The first kappa shape index (κ1) is 15.1. The van der Waals surface area contributed by atoms with Gasteiger partial charge >= 0.3 is 0 Å². The van der Waals surface area contributed by atoms with E-state index in [4.69, 9.17) is 4.74 Å². The zero-order valence-corrected chi connectivity index (χ0v) is 13.5. The summed E-state index contributed by atoms with van der Waals surface area (Å²) in [5.74, 6) is 2.87. The summed E-state index contributed by atoms with van der Waals surface area (Å²) < 4.78 is 7.60. The molecule has 0 saturated carbocycles. The molecule has 3 rings (SSSR count). The van der Waals surface area contributed by atoms with Crippen molar-refractivity contribution in [3.05, 3.63) is 48.0 Å². The van der Waals surface area contributed by atoms with Gasteiger partial charge in [0.2, 0.25) is 0 Å². The molecule has 2 aromatic rings. The number of aromatic nitrogens is 2. The zero-order valence-electron chi connectivity index (χ0n) is 13.5. The molecule has 1 aliphatic heterocycles. The highest BCUT2D eigenvalue weighted by Gasteiger charge is 2.22. The van der Waals surface area contributed by atoms with Gasteiger partial charge in [0.1, 0.15) is 11.6 Å². The predicted molar refractivity (Wildman–Crippen MR) is 87.9 cm³/mol. The van der Waals surface area contributed by atoms with E-state index >= 15 is 0 Å². The van der Waals surface area contributed by atoms with E-state index in [2.05, 4.69) is 39.7 Å². The Bertz CT molecular complexity index is 608. The molecule has 2 heterocycles. The second-order valence-corrected chi connectivity index (χ2v) is 6.21. The minimum atomic E-state index is 0.699. The fourth-order valence-corrected chi connectivity index (χ4v) is 3.39. The smallest absolute Gasteiger partial charge is 0.122 e. The number of para-hydroxylation sites is 1. The summed E-state index contributed by atoms with van der Waals surface area (Å²) >= 11 is 0. The van der Waals surface area contributed by atoms with Gasteiger partial charge in [-0.05, 0) is 43.4 Å². The number of benzene rings is 1. The van der Waals surface area contributed by atoms with Crippen LogP contribution in [0.3, 0.4) is 0 Å². The molecule has 1 unspecified atom stereocenters. The van der Waals surface area contributed by atoms with E-state index in [-0.39, 0.29) is 0 Å². The van der Waals surface area contributed by atoms with Crippen LogP contribution in [0, 0.1) is 5.92 Å². The molecule has 0 radical (unpaired) electrons. The number of methoxy groups -OCH3 is 1. The number of nitrogens with zero attached hydrogens (tertiary/aromatic N) is 3. The molecule has 0 bridgehead atoms. The van der Waals surface area contributed by atoms with Gasteiger partial charge in [-0.15, -0.1) is 0 Å². The molecule has 1 saturated heterocycles.